The number of benzene rings is 1. The van der Waals surface area contributed by atoms with E-state index >= 15 is 0 Å². The summed E-state index contributed by atoms with van der Waals surface area (Å²) in [6.45, 7) is 6.59. The molecular weight excluding hydrogens is 407 g/mol. The number of piperidine rings is 1. The molecule has 29 heavy (non-hydrogen) atoms. The van der Waals surface area contributed by atoms with Crippen LogP contribution >= 0.6 is 0 Å². The number of hydrogen-bond donors (Lipinski definition) is 0. The van der Waals surface area contributed by atoms with Gasteiger partial charge in [-0.15, -0.1) is 0 Å². The lowest BCUT2D eigenvalue weighted by Crippen LogP contribution is -2.53. The fourth-order valence-electron chi connectivity index (χ4n) is 4.13. The number of hydrogen-bond acceptors (Lipinski definition) is 4. The molecule has 0 N–H and O–H groups in total. The third-order valence-electron chi connectivity index (χ3n) is 5.53. The van der Waals surface area contributed by atoms with Gasteiger partial charge < -0.3 is 4.90 Å². The number of nitrogens with zero attached hydrogens (tertiary/aromatic N) is 3. The topological polar surface area (TPSA) is 60.9 Å². The number of rotatable bonds is 4. The zero-order valence-corrected chi connectivity index (χ0v) is 17.4. The molecule has 2 saturated heterocycles. The normalized spacial score (nSPS) is 24.7. The van der Waals surface area contributed by atoms with Crippen LogP contribution in [0.3, 0.4) is 0 Å². The van der Waals surface area contributed by atoms with E-state index < -0.39 is 32.4 Å². The molecule has 2 unspecified atom stereocenters. The quantitative estimate of drug-likeness (QED) is 0.681. The first kappa shape index (κ1) is 22.0. The number of carbonyl (C=O) groups is 1. The smallest absolute Gasteiger partial charge is 0.246 e. The van der Waals surface area contributed by atoms with Gasteiger partial charge >= 0.3 is 0 Å². The van der Waals surface area contributed by atoms with Crippen LogP contribution in [0.4, 0.5) is 13.2 Å². The Hall–Kier alpha value is -1.65. The molecule has 2 atom stereocenters. The van der Waals surface area contributed by atoms with Crippen molar-refractivity contribution in [3.63, 3.8) is 0 Å². The van der Waals surface area contributed by atoms with Crippen LogP contribution in [0.25, 0.3) is 0 Å². The first-order chi connectivity index (χ1) is 13.6. The Bertz CT molecular complexity index is 863. The van der Waals surface area contributed by atoms with E-state index in [1.807, 2.05) is 9.80 Å². The van der Waals surface area contributed by atoms with Crippen molar-refractivity contribution in [3.05, 3.63) is 29.6 Å². The lowest BCUT2D eigenvalue weighted by molar-refractivity contribution is -0.135. The number of sulfonamides is 1. The van der Waals surface area contributed by atoms with Gasteiger partial charge in [0.25, 0.3) is 0 Å². The van der Waals surface area contributed by atoms with E-state index in [1.165, 1.54) is 0 Å². The minimum Gasteiger partial charge on any atom is -0.341 e. The summed E-state index contributed by atoms with van der Waals surface area (Å²) in [5, 5.41) is 0. The van der Waals surface area contributed by atoms with Gasteiger partial charge in [-0.1, -0.05) is 13.8 Å². The van der Waals surface area contributed by atoms with Crippen LogP contribution in [-0.4, -0.2) is 74.2 Å². The zero-order valence-electron chi connectivity index (χ0n) is 16.6. The SMILES string of the molecule is CC1CC(C)CN(C(=O)CN2CCN(S(=O)(=O)c3ccc(F)c(F)c3F)CC2)C1. The maximum Gasteiger partial charge on any atom is 0.246 e. The molecule has 1 amide bonds. The van der Waals surface area contributed by atoms with Gasteiger partial charge in [0.05, 0.1) is 6.54 Å². The van der Waals surface area contributed by atoms with Crippen LogP contribution in [0.5, 0.6) is 0 Å². The second-order valence-electron chi connectivity index (χ2n) is 8.10. The van der Waals surface area contributed by atoms with E-state index in [2.05, 4.69) is 13.8 Å². The Kier molecular flexibility index (Phi) is 6.54. The third-order valence-corrected chi connectivity index (χ3v) is 7.45. The number of carbonyl (C=O) groups excluding carboxylic acids is 1. The molecule has 3 rings (SSSR count). The highest BCUT2D eigenvalue weighted by atomic mass is 32.2. The van der Waals surface area contributed by atoms with Crippen molar-refractivity contribution in [1.82, 2.24) is 14.1 Å². The Balaban J connectivity index is 1.60. The highest BCUT2D eigenvalue weighted by molar-refractivity contribution is 7.89. The summed E-state index contributed by atoms with van der Waals surface area (Å²) in [6, 6.07) is 1.33. The molecule has 0 spiro atoms. The predicted octanol–water partition coefficient (Wildman–Crippen LogP) is 1.91. The van der Waals surface area contributed by atoms with Crippen LogP contribution < -0.4 is 0 Å². The standard InChI is InChI=1S/C19H26F3N3O3S/c1-13-9-14(2)11-24(10-13)17(26)12-23-5-7-25(8-6-23)29(27,28)16-4-3-15(20)18(21)19(16)22/h3-4,13-14H,5-12H2,1-2H3. The van der Waals surface area contributed by atoms with Crippen LogP contribution in [0.2, 0.25) is 0 Å². The number of halogens is 3. The van der Waals surface area contributed by atoms with Crippen molar-refractivity contribution in [2.45, 2.75) is 25.2 Å². The summed E-state index contributed by atoms with van der Waals surface area (Å²) in [5.74, 6) is -4.03. The predicted molar refractivity (Wildman–Crippen MR) is 101 cm³/mol. The van der Waals surface area contributed by atoms with E-state index in [0.717, 1.165) is 29.9 Å². The second-order valence-corrected chi connectivity index (χ2v) is 10.0. The van der Waals surface area contributed by atoms with Gasteiger partial charge in [-0.2, -0.15) is 4.31 Å². The van der Waals surface area contributed by atoms with Crippen LogP contribution in [0.15, 0.2) is 17.0 Å². The molecule has 0 radical (unpaired) electrons. The van der Waals surface area contributed by atoms with Gasteiger partial charge in [0.2, 0.25) is 15.9 Å². The van der Waals surface area contributed by atoms with Gasteiger partial charge in [-0.05, 0) is 30.4 Å². The zero-order chi connectivity index (χ0) is 21.3. The average molecular weight is 433 g/mol. The first-order valence-electron chi connectivity index (χ1n) is 9.73. The summed E-state index contributed by atoms with van der Waals surface area (Å²) in [5.41, 5.74) is 0. The summed E-state index contributed by atoms with van der Waals surface area (Å²) in [7, 11) is -4.29. The Labute approximate surface area is 169 Å². The highest BCUT2D eigenvalue weighted by Gasteiger charge is 2.33. The Morgan fingerprint density at radius 1 is 1.00 bits per heavy atom. The molecule has 0 bridgehead atoms. The Morgan fingerprint density at radius 2 is 1.59 bits per heavy atom. The van der Waals surface area contributed by atoms with Crippen molar-refractivity contribution < 1.29 is 26.4 Å². The maximum atomic E-state index is 13.9. The molecule has 6 nitrogen and oxygen atoms in total. The molecular formula is C19H26F3N3O3S. The molecule has 2 heterocycles. The van der Waals surface area contributed by atoms with Crippen molar-refractivity contribution in [2.75, 3.05) is 45.8 Å². The van der Waals surface area contributed by atoms with E-state index in [4.69, 9.17) is 0 Å². The van der Waals surface area contributed by atoms with Gasteiger partial charge in [0.1, 0.15) is 4.90 Å². The van der Waals surface area contributed by atoms with Gasteiger partial charge in [-0.25, -0.2) is 21.6 Å². The van der Waals surface area contributed by atoms with Crippen molar-refractivity contribution in [1.29, 1.82) is 0 Å². The van der Waals surface area contributed by atoms with Crippen molar-refractivity contribution in [2.24, 2.45) is 11.8 Å². The van der Waals surface area contributed by atoms with Crippen LogP contribution in [0.1, 0.15) is 20.3 Å². The molecule has 1 aromatic carbocycles. The largest absolute Gasteiger partial charge is 0.341 e. The molecule has 2 fully saturated rings. The number of piperazine rings is 1. The molecule has 2 aliphatic heterocycles. The highest BCUT2D eigenvalue weighted by Crippen LogP contribution is 2.24. The molecule has 1 aromatic rings. The lowest BCUT2D eigenvalue weighted by Gasteiger charge is -2.38. The lowest BCUT2D eigenvalue weighted by atomic mass is 9.92. The molecule has 10 heteroatoms. The summed E-state index contributed by atoms with van der Waals surface area (Å²) in [4.78, 5) is 15.4. The van der Waals surface area contributed by atoms with Gasteiger partial charge in [0.15, 0.2) is 17.5 Å². The second kappa shape index (κ2) is 8.61. The van der Waals surface area contributed by atoms with E-state index in [0.29, 0.717) is 31.0 Å². The van der Waals surface area contributed by atoms with Crippen molar-refractivity contribution in [3.8, 4) is 0 Å². The first-order valence-corrected chi connectivity index (χ1v) is 11.2. The van der Waals surface area contributed by atoms with E-state index in [9.17, 15) is 26.4 Å². The third kappa shape index (κ3) is 4.75. The monoisotopic (exact) mass is 433 g/mol. The van der Waals surface area contributed by atoms with Gasteiger partial charge in [0, 0.05) is 39.3 Å². The average Bonchev–Trinajstić information content (AvgIpc) is 2.65. The molecule has 2 aliphatic rings. The van der Waals surface area contributed by atoms with Gasteiger partial charge in [-0.3, -0.25) is 9.69 Å². The maximum absolute atomic E-state index is 13.9. The van der Waals surface area contributed by atoms with E-state index in [-0.39, 0.29) is 25.5 Å². The fraction of sp³-hybridized carbons (Fsp3) is 0.632. The summed E-state index contributed by atoms with van der Waals surface area (Å²) < 4.78 is 66.8. The van der Waals surface area contributed by atoms with Crippen molar-refractivity contribution >= 4 is 15.9 Å². The molecule has 0 aromatic heterocycles. The summed E-state index contributed by atoms with van der Waals surface area (Å²) >= 11 is 0. The summed E-state index contributed by atoms with van der Waals surface area (Å²) in [6.07, 6.45) is 1.10. The fourth-order valence-corrected chi connectivity index (χ4v) is 5.61. The minimum absolute atomic E-state index is 0.0198. The molecule has 162 valence electrons. The molecule has 0 saturated carbocycles. The number of likely N-dealkylation sites (tertiary alicyclic amines) is 1. The Morgan fingerprint density at radius 3 is 2.17 bits per heavy atom. The number of amides is 1. The van der Waals surface area contributed by atoms with Crippen LogP contribution in [0, 0.1) is 29.3 Å². The van der Waals surface area contributed by atoms with Crippen LogP contribution in [-0.2, 0) is 14.8 Å². The van der Waals surface area contributed by atoms with E-state index in [1.54, 1.807) is 0 Å². The molecule has 0 aliphatic carbocycles. The minimum atomic E-state index is -4.29.